The van der Waals surface area contributed by atoms with Crippen molar-refractivity contribution in [3.63, 3.8) is 0 Å². The molecule has 3 N–H and O–H groups in total. The zero-order chi connectivity index (χ0) is 19.3. The molecule has 140 valence electrons. The van der Waals surface area contributed by atoms with Crippen LogP contribution in [0.15, 0.2) is 42.5 Å². The van der Waals surface area contributed by atoms with E-state index in [0.717, 1.165) is 22.5 Å². The lowest BCUT2D eigenvalue weighted by molar-refractivity contribution is -0.116. The van der Waals surface area contributed by atoms with Gasteiger partial charge in [0, 0.05) is 17.1 Å². The zero-order valence-corrected chi connectivity index (χ0v) is 16.3. The summed E-state index contributed by atoms with van der Waals surface area (Å²) in [5.74, 6) is -0.124. The van der Waals surface area contributed by atoms with Crippen LogP contribution in [-0.4, -0.2) is 26.1 Å². The molecule has 0 aliphatic carbocycles. The fraction of sp³-hybridized carbons (Fsp3) is 0.316. The molecule has 0 aliphatic heterocycles. The highest BCUT2D eigenvalue weighted by atomic mass is 32.2. The summed E-state index contributed by atoms with van der Waals surface area (Å²) < 4.78 is 25.6. The lowest BCUT2D eigenvalue weighted by Crippen LogP contribution is -2.32. The summed E-state index contributed by atoms with van der Waals surface area (Å²) in [5.41, 5.74) is 4.07. The minimum absolute atomic E-state index is 0.0164. The molecule has 0 spiro atoms. The quantitative estimate of drug-likeness (QED) is 0.691. The van der Waals surface area contributed by atoms with Crippen molar-refractivity contribution >= 4 is 33.0 Å². The summed E-state index contributed by atoms with van der Waals surface area (Å²) in [6, 6.07) is 12.2. The van der Waals surface area contributed by atoms with Gasteiger partial charge in [-0.15, -0.1) is 0 Å². The van der Waals surface area contributed by atoms with Crippen molar-refractivity contribution in [1.82, 2.24) is 0 Å². The van der Waals surface area contributed by atoms with Crippen LogP contribution in [0.25, 0.3) is 0 Å². The van der Waals surface area contributed by atoms with Gasteiger partial charge in [-0.1, -0.05) is 18.2 Å². The van der Waals surface area contributed by atoms with Crippen LogP contribution in [0.4, 0.5) is 17.1 Å². The van der Waals surface area contributed by atoms with E-state index in [4.69, 9.17) is 0 Å². The Kier molecular flexibility index (Phi) is 6.26. The Morgan fingerprint density at radius 1 is 1.00 bits per heavy atom. The number of amides is 1. The third-order valence-corrected chi connectivity index (χ3v) is 5.35. The maximum Gasteiger partial charge on any atom is 0.246 e. The fourth-order valence-electron chi connectivity index (χ4n) is 2.44. The van der Waals surface area contributed by atoms with Gasteiger partial charge < -0.3 is 10.6 Å². The number of sulfonamides is 1. The summed E-state index contributed by atoms with van der Waals surface area (Å²) in [4.78, 5) is 12.4. The number of anilines is 3. The van der Waals surface area contributed by atoms with Gasteiger partial charge >= 0.3 is 0 Å². The average Bonchev–Trinajstić information content (AvgIpc) is 2.59. The summed E-state index contributed by atoms with van der Waals surface area (Å²) in [6.45, 7) is 7.26. The highest BCUT2D eigenvalue weighted by molar-refractivity contribution is 7.92. The van der Waals surface area contributed by atoms with Crippen molar-refractivity contribution < 1.29 is 13.2 Å². The maximum atomic E-state index is 12.4. The molecule has 0 saturated heterocycles. The van der Waals surface area contributed by atoms with Crippen LogP contribution < -0.4 is 15.4 Å². The first kappa shape index (κ1) is 19.8. The normalized spacial score (nSPS) is 12.3. The van der Waals surface area contributed by atoms with Crippen molar-refractivity contribution in [2.45, 2.75) is 33.7 Å². The Bertz CT molecular complexity index is 857. The van der Waals surface area contributed by atoms with Crippen LogP contribution in [0.2, 0.25) is 0 Å². The molecule has 0 bridgehead atoms. The minimum atomic E-state index is -3.30. The van der Waals surface area contributed by atoms with Gasteiger partial charge in [0.15, 0.2) is 0 Å². The van der Waals surface area contributed by atoms with Crippen LogP contribution in [0, 0.1) is 13.8 Å². The molecule has 1 atom stereocenters. The molecule has 2 aromatic rings. The zero-order valence-electron chi connectivity index (χ0n) is 15.5. The molecule has 2 rings (SSSR count). The number of carbonyl (C=O) groups is 1. The molecule has 0 radical (unpaired) electrons. The second kappa shape index (κ2) is 8.23. The van der Waals surface area contributed by atoms with Crippen molar-refractivity contribution in [3.8, 4) is 0 Å². The number of aryl methyl sites for hydroxylation is 2. The molecule has 0 heterocycles. The Hall–Kier alpha value is -2.54. The molecular formula is C19H25N3O3S. The van der Waals surface area contributed by atoms with Crippen molar-refractivity contribution in [2.75, 3.05) is 21.1 Å². The maximum absolute atomic E-state index is 12.4. The second-order valence-corrected chi connectivity index (χ2v) is 8.22. The van der Waals surface area contributed by atoms with E-state index in [1.165, 1.54) is 0 Å². The van der Waals surface area contributed by atoms with E-state index >= 15 is 0 Å². The van der Waals surface area contributed by atoms with E-state index in [1.807, 2.05) is 32.0 Å². The van der Waals surface area contributed by atoms with Crippen LogP contribution >= 0.6 is 0 Å². The predicted molar refractivity (Wildman–Crippen MR) is 107 cm³/mol. The van der Waals surface area contributed by atoms with Crippen LogP contribution in [0.5, 0.6) is 0 Å². The van der Waals surface area contributed by atoms with Gasteiger partial charge in [0.25, 0.3) is 0 Å². The third kappa shape index (κ3) is 5.23. The molecular weight excluding hydrogens is 350 g/mol. The van der Waals surface area contributed by atoms with E-state index in [-0.39, 0.29) is 11.7 Å². The van der Waals surface area contributed by atoms with E-state index in [0.29, 0.717) is 5.69 Å². The Labute approximate surface area is 155 Å². The Morgan fingerprint density at radius 2 is 1.54 bits per heavy atom. The molecule has 26 heavy (non-hydrogen) atoms. The number of carbonyl (C=O) groups excluding carboxylic acids is 1. The van der Waals surface area contributed by atoms with E-state index in [9.17, 15) is 13.2 Å². The van der Waals surface area contributed by atoms with E-state index < -0.39 is 16.1 Å². The van der Waals surface area contributed by atoms with Gasteiger partial charge in [0.2, 0.25) is 15.9 Å². The topological polar surface area (TPSA) is 87.3 Å². The van der Waals surface area contributed by atoms with Crippen LogP contribution in [0.3, 0.4) is 0 Å². The first-order valence-corrected chi connectivity index (χ1v) is 10.1. The van der Waals surface area contributed by atoms with Gasteiger partial charge in [0.1, 0.15) is 6.04 Å². The Balaban J connectivity index is 2.00. The third-order valence-electron chi connectivity index (χ3n) is 4.04. The fourth-order valence-corrected chi connectivity index (χ4v) is 3.08. The smallest absolute Gasteiger partial charge is 0.246 e. The Morgan fingerprint density at radius 3 is 2.08 bits per heavy atom. The number of benzene rings is 2. The molecule has 0 aliphatic rings. The van der Waals surface area contributed by atoms with Crippen molar-refractivity contribution in [3.05, 3.63) is 53.6 Å². The van der Waals surface area contributed by atoms with E-state index in [2.05, 4.69) is 15.4 Å². The molecule has 0 saturated carbocycles. The van der Waals surface area contributed by atoms with E-state index in [1.54, 1.807) is 38.1 Å². The molecule has 0 fully saturated rings. The summed E-state index contributed by atoms with van der Waals surface area (Å²) >= 11 is 0. The largest absolute Gasteiger partial charge is 0.374 e. The van der Waals surface area contributed by atoms with Gasteiger partial charge in [-0.3, -0.25) is 9.52 Å². The van der Waals surface area contributed by atoms with Crippen LogP contribution in [-0.2, 0) is 14.8 Å². The number of para-hydroxylation sites is 1. The SMILES string of the molecule is CCS(=O)(=O)Nc1ccc(N[C@@H](C)C(=O)Nc2c(C)cccc2C)cc1. The van der Waals surface area contributed by atoms with Gasteiger partial charge in [0.05, 0.1) is 5.75 Å². The number of rotatable bonds is 7. The molecule has 0 aromatic heterocycles. The number of nitrogens with one attached hydrogen (secondary N) is 3. The predicted octanol–water partition coefficient (Wildman–Crippen LogP) is 3.50. The first-order chi connectivity index (χ1) is 12.2. The van der Waals surface area contributed by atoms with Crippen molar-refractivity contribution in [1.29, 1.82) is 0 Å². The molecule has 0 unspecified atom stereocenters. The molecule has 2 aromatic carbocycles. The average molecular weight is 375 g/mol. The minimum Gasteiger partial charge on any atom is -0.374 e. The number of hydrogen-bond acceptors (Lipinski definition) is 4. The second-order valence-electron chi connectivity index (χ2n) is 6.20. The summed E-state index contributed by atoms with van der Waals surface area (Å²) in [7, 11) is -3.30. The van der Waals surface area contributed by atoms with Gasteiger partial charge in [-0.25, -0.2) is 8.42 Å². The summed E-state index contributed by atoms with van der Waals surface area (Å²) in [5, 5.41) is 6.07. The molecule has 1 amide bonds. The standard InChI is InChI=1S/C19H25N3O3S/c1-5-26(24,25)22-17-11-9-16(10-12-17)20-15(4)19(23)21-18-13(2)7-6-8-14(18)3/h6-12,15,20,22H,5H2,1-4H3,(H,21,23)/t15-/m0/s1. The molecule has 6 nitrogen and oxygen atoms in total. The van der Waals surface area contributed by atoms with Gasteiger partial charge in [-0.05, 0) is 63.1 Å². The van der Waals surface area contributed by atoms with Crippen molar-refractivity contribution in [2.24, 2.45) is 0 Å². The highest BCUT2D eigenvalue weighted by Gasteiger charge is 2.15. The number of hydrogen-bond donors (Lipinski definition) is 3. The lowest BCUT2D eigenvalue weighted by Gasteiger charge is -2.18. The molecule has 7 heteroatoms. The van der Waals surface area contributed by atoms with Crippen LogP contribution in [0.1, 0.15) is 25.0 Å². The van der Waals surface area contributed by atoms with Gasteiger partial charge in [-0.2, -0.15) is 0 Å². The lowest BCUT2D eigenvalue weighted by atomic mass is 10.1. The highest BCUT2D eigenvalue weighted by Crippen LogP contribution is 2.20. The first-order valence-electron chi connectivity index (χ1n) is 8.46. The summed E-state index contributed by atoms with van der Waals surface area (Å²) in [6.07, 6.45) is 0. The monoisotopic (exact) mass is 375 g/mol.